The van der Waals surface area contributed by atoms with Gasteiger partial charge in [-0.15, -0.1) is 0 Å². The fraction of sp³-hybridized carbons (Fsp3) is 0.490. The number of methoxy groups -OCH3 is 2. The lowest BCUT2D eigenvalue weighted by Gasteiger charge is -2.37. The molecule has 3 aromatic carbocycles. The maximum atomic E-state index is 14.2. The van der Waals surface area contributed by atoms with Gasteiger partial charge in [-0.2, -0.15) is 0 Å². The first-order valence-corrected chi connectivity index (χ1v) is 22.5. The number of nitrogens with zero attached hydrogens (tertiary/aromatic N) is 4. The molecule has 2 aromatic heterocycles. The van der Waals surface area contributed by atoms with Crippen LogP contribution < -0.4 is 10.6 Å². The van der Waals surface area contributed by atoms with E-state index in [4.69, 9.17) is 19.4 Å². The second-order valence-electron chi connectivity index (χ2n) is 18.5. The zero-order chi connectivity index (χ0) is 44.5. The van der Waals surface area contributed by atoms with E-state index in [1.54, 1.807) is 0 Å². The summed E-state index contributed by atoms with van der Waals surface area (Å²) in [7, 11) is 2.74. The van der Waals surface area contributed by atoms with Gasteiger partial charge in [-0.1, -0.05) is 83.1 Å². The highest BCUT2D eigenvalue weighted by Gasteiger charge is 2.51. The molecule has 3 amide bonds. The van der Waals surface area contributed by atoms with Crippen molar-refractivity contribution in [3.05, 3.63) is 84.7 Å². The molecule has 63 heavy (non-hydrogen) atoms. The highest BCUT2D eigenvalue weighted by Crippen LogP contribution is 2.51. The summed E-state index contributed by atoms with van der Waals surface area (Å²) in [6.07, 6.45) is 6.57. The van der Waals surface area contributed by atoms with E-state index in [0.29, 0.717) is 25.4 Å². The fourth-order valence-electron chi connectivity index (χ4n) is 10.2. The Bertz CT molecular complexity index is 2410. The highest BCUT2D eigenvalue weighted by atomic mass is 16.6. The van der Waals surface area contributed by atoms with Crippen LogP contribution in [0.15, 0.2) is 73.1 Å². The lowest BCUT2D eigenvalue weighted by molar-refractivity contribution is -0.142. The topological polar surface area (TPSA) is 178 Å². The first-order valence-electron chi connectivity index (χ1n) is 22.5. The third kappa shape index (κ3) is 9.12. The number of amides is 3. The lowest BCUT2D eigenvalue weighted by atomic mass is 9.89. The van der Waals surface area contributed by atoms with E-state index < -0.39 is 18.5 Å². The van der Waals surface area contributed by atoms with Gasteiger partial charge in [-0.25, -0.2) is 14.8 Å². The molecule has 3 fully saturated rings. The zero-order valence-corrected chi connectivity index (χ0v) is 37.4. The molecule has 8 atom stereocenters. The van der Waals surface area contributed by atoms with Crippen molar-refractivity contribution in [1.82, 2.24) is 40.4 Å². The van der Waals surface area contributed by atoms with Gasteiger partial charge < -0.3 is 39.7 Å². The van der Waals surface area contributed by atoms with Crippen molar-refractivity contribution < 1.29 is 29.0 Å². The molecular weight excluding hydrogens is 797 g/mol. The number of aromatic amines is 2. The Kier molecular flexibility index (Phi) is 13.0. The van der Waals surface area contributed by atoms with Gasteiger partial charge >= 0.3 is 6.09 Å². The number of aliphatic hydroxyl groups is 1. The van der Waals surface area contributed by atoms with Crippen molar-refractivity contribution in [2.24, 2.45) is 29.6 Å². The number of imidazole rings is 2. The molecule has 2 aliphatic heterocycles. The smallest absolute Gasteiger partial charge is 0.407 e. The first-order chi connectivity index (χ1) is 30.3. The van der Waals surface area contributed by atoms with Crippen LogP contribution in [-0.2, 0) is 19.1 Å². The fourth-order valence-corrected chi connectivity index (χ4v) is 10.2. The molecule has 1 saturated carbocycles. The quantitative estimate of drug-likeness (QED) is 0.0658. The number of ether oxygens (including phenoxy) is 2. The summed E-state index contributed by atoms with van der Waals surface area (Å²) in [5.41, 5.74) is 6.05. The molecule has 2 bridgehead atoms. The Morgan fingerprint density at radius 3 is 2.13 bits per heavy atom. The minimum atomic E-state index is -1.05. The number of aliphatic hydroxyl groups excluding tert-OH is 1. The average molecular weight is 859 g/mol. The van der Waals surface area contributed by atoms with Crippen molar-refractivity contribution in [3.63, 3.8) is 0 Å². The summed E-state index contributed by atoms with van der Waals surface area (Å²) in [6.45, 7) is 11.2. The SMILES string of the molecule is COC(=O)N[C@H](C(=O)N1C[C@@H](C)C[C@H]1c1ncc(-c2ccc3cc(-c4ccc(-c5cnc([C@@H]6[C@H]7CC[C@H](C7)N6C(=O)[C@@H](CCNC(O)OC)C(C)C)[nH]5)cc4)ccc3c2)[nH]1)C(C)C. The van der Waals surface area contributed by atoms with Gasteiger partial charge in [-0.05, 0) is 95.4 Å². The van der Waals surface area contributed by atoms with Gasteiger partial charge in [0.15, 0.2) is 0 Å². The standard InChI is InChI=1S/C49H62N8O6/c1-27(2)38(18-19-50-48(60)62-6)46(58)57-37-17-16-36(23-37)43(57)45-52-24-39(54-45)31-10-8-30(9-11-31)32-12-13-34-22-35(15-14-33(34)21-32)40-25-51-44(53-40)41-20-29(5)26-56(41)47(59)42(28(3)4)55-49(61)63-7/h8-15,21-22,24-25,27-29,36-38,41-43,48,50,60H,16-20,23,26H2,1-7H3,(H,51,53)(H,52,54)(H,55,61)/t29-,36-,37+,38-,41-,42-,43-,48?/m0/s1. The van der Waals surface area contributed by atoms with Gasteiger partial charge in [0, 0.05) is 37.7 Å². The summed E-state index contributed by atoms with van der Waals surface area (Å²) in [6, 6.07) is 20.6. The van der Waals surface area contributed by atoms with Gasteiger partial charge in [0.2, 0.25) is 18.2 Å². The second-order valence-corrected chi connectivity index (χ2v) is 18.5. The Balaban J connectivity index is 0.946. The van der Waals surface area contributed by atoms with E-state index in [0.717, 1.165) is 81.7 Å². The summed E-state index contributed by atoms with van der Waals surface area (Å²) < 4.78 is 9.72. The van der Waals surface area contributed by atoms with Crippen LogP contribution in [0.25, 0.3) is 44.4 Å². The number of carbonyl (C=O) groups is 3. The summed E-state index contributed by atoms with van der Waals surface area (Å²) >= 11 is 0. The minimum Gasteiger partial charge on any atom is -0.453 e. The predicted molar refractivity (Wildman–Crippen MR) is 242 cm³/mol. The van der Waals surface area contributed by atoms with Crippen molar-refractivity contribution in [2.75, 3.05) is 27.3 Å². The monoisotopic (exact) mass is 858 g/mol. The first kappa shape index (κ1) is 44.1. The molecular formula is C49H62N8O6. The van der Waals surface area contributed by atoms with Crippen LogP contribution in [-0.4, -0.2) is 98.6 Å². The Hall–Kier alpha value is -5.57. The molecule has 0 radical (unpaired) electrons. The number of carbonyl (C=O) groups excluding carboxylic acids is 3. The molecule has 5 N–H and O–H groups in total. The third-order valence-corrected chi connectivity index (χ3v) is 13.6. The van der Waals surface area contributed by atoms with E-state index in [-0.39, 0.29) is 53.6 Å². The summed E-state index contributed by atoms with van der Waals surface area (Å²) in [5.74, 6) is 2.15. The molecule has 8 rings (SSSR count). The number of hydrogen-bond donors (Lipinski definition) is 5. The highest BCUT2D eigenvalue weighted by molar-refractivity contribution is 5.91. The second kappa shape index (κ2) is 18.6. The van der Waals surface area contributed by atoms with Crippen LogP contribution in [0.5, 0.6) is 0 Å². The molecule has 3 aliphatic rings. The molecule has 14 nitrogen and oxygen atoms in total. The third-order valence-electron chi connectivity index (χ3n) is 13.6. The summed E-state index contributed by atoms with van der Waals surface area (Å²) in [4.78, 5) is 60.8. The van der Waals surface area contributed by atoms with Crippen LogP contribution >= 0.6 is 0 Å². The number of aromatic nitrogens is 4. The number of H-pyrrole nitrogens is 2. The van der Waals surface area contributed by atoms with Gasteiger partial charge in [0.05, 0.1) is 43.0 Å². The minimum absolute atomic E-state index is 0.0746. The Labute approximate surface area is 369 Å². The number of benzene rings is 3. The number of hydrogen-bond acceptors (Lipinski definition) is 9. The molecule has 334 valence electrons. The molecule has 1 aliphatic carbocycles. The van der Waals surface area contributed by atoms with E-state index in [1.807, 2.05) is 31.1 Å². The average Bonchev–Trinajstić information content (AvgIpc) is 4.15. The van der Waals surface area contributed by atoms with Crippen LogP contribution in [0, 0.1) is 29.6 Å². The van der Waals surface area contributed by atoms with E-state index in [2.05, 4.69) is 107 Å². The number of rotatable bonds is 15. The number of likely N-dealkylation sites (tertiary alicyclic amines) is 2. The van der Waals surface area contributed by atoms with E-state index in [1.165, 1.54) is 14.2 Å². The van der Waals surface area contributed by atoms with Crippen LogP contribution in [0.1, 0.15) is 90.5 Å². The van der Waals surface area contributed by atoms with Gasteiger partial charge in [0.1, 0.15) is 17.7 Å². The number of alkyl carbamates (subject to hydrolysis) is 1. The predicted octanol–water partition coefficient (Wildman–Crippen LogP) is 7.80. The maximum Gasteiger partial charge on any atom is 0.407 e. The van der Waals surface area contributed by atoms with Crippen LogP contribution in [0.3, 0.4) is 0 Å². The molecule has 14 heteroatoms. The largest absolute Gasteiger partial charge is 0.453 e. The Morgan fingerprint density at radius 2 is 1.44 bits per heavy atom. The molecule has 0 spiro atoms. The van der Waals surface area contributed by atoms with Crippen molar-refractivity contribution in [1.29, 1.82) is 0 Å². The van der Waals surface area contributed by atoms with Crippen molar-refractivity contribution in [2.45, 2.75) is 97.3 Å². The normalized spacial score (nSPS) is 22.3. The molecule has 5 aromatic rings. The van der Waals surface area contributed by atoms with Crippen LogP contribution in [0.4, 0.5) is 4.79 Å². The van der Waals surface area contributed by atoms with Crippen LogP contribution in [0.2, 0.25) is 0 Å². The van der Waals surface area contributed by atoms with Crippen molar-refractivity contribution in [3.8, 4) is 33.6 Å². The maximum absolute atomic E-state index is 14.2. The van der Waals surface area contributed by atoms with Gasteiger partial charge in [0.25, 0.3) is 0 Å². The number of fused-ring (bicyclic) bond motifs is 3. The summed E-state index contributed by atoms with van der Waals surface area (Å²) in [5, 5.41) is 17.7. The number of piperidine rings is 1. The molecule has 2 saturated heterocycles. The number of nitrogens with one attached hydrogen (secondary N) is 4. The van der Waals surface area contributed by atoms with E-state index >= 15 is 0 Å². The lowest BCUT2D eigenvalue weighted by Crippen LogP contribution is -2.51. The van der Waals surface area contributed by atoms with Gasteiger partial charge in [-0.3, -0.25) is 14.9 Å². The van der Waals surface area contributed by atoms with Crippen molar-refractivity contribution >= 4 is 28.7 Å². The molecule has 4 heterocycles. The van der Waals surface area contributed by atoms with E-state index in [9.17, 15) is 19.5 Å². The Morgan fingerprint density at radius 1 is 0.810 bits per heavy atom. The molecule has 1 unspecified atom stereocenters. The zero-order valence-electron chi connectivity index (χ0n) is 37.4.